The highest BCUT2D eigenvalue weighted by atomic mass is 32.1. The van der Waals surface area contributed by atoms with Crippen LogP contribution in [0.3, 0.4) is 0 Å². The van der Waals surface area contributed by atoms with Crippen molar-refractivity contribution in [3.8, 4) is 0 Å². The van der Waals surface area contributed by atoms with Crippen molar-refractivity contribution in [2.75, 3.05) is 5.75 Å². The number of nitrogens with one attached hydrogen (secondary N) is 1. The molecule has 1 rings (SSSR count). The normalized spacial score (nSPS) is 14.1. The molecule has 0 aliphatic heterocycles. The smallest absolute Gasteiger partial charge is 0.265 e. The minimum atomic E-state index is -1.03. The summed E-state index contributed by atoms with van der Waals surface area (Å²) in [5.74, 6) is 5.05. The number of nitrogen functional groups attached to an aromatic ring is 1. The Morgan fingerprint density at radius 1 is 1.47 bits per heavy atom. The van der Waals surface area contributed by atoms with Gasteiger partial charge in [-0.05, 0) is 29.9 Å². The van der Waals surface area contributed by atoms with Crippen molar-refractivity contribution < 1.29 is 15.0 Å². The fourth-order valence-corrected chi connectivity index (χ4v) is 1.72. The predicted molar refractivity (Wildman–Crippen MR) is 67.5 cm³/mol. The van der Waals surface area contributed by atoms with E-state index in [1.807, 2.05) is 5.43 Å². The van der Waals surface area contributed by atoms with E-state index >= 15 is 0 Å². The molecule has 0 heterocycles. The van der Waals surface area contributed by atoms with E-state index in [9.17, 15) is 15.0 Å². The maximum absolute atomic E-state index is 11.3. The highest BCUT2D eigenvalue weighted by Crippen LogP contribution is 2.20. The van der Waals surface area contributed by atoms with Crippen LogP contribution in [-0.4, -0.2) is 28.0 Å². The molecule has 0 aliphatic carbocycles. The first-order valence-electron chi connectivity index (χ1n) is 5.18. The van der Waals surface area contributed by atoms with E-state index in [1.165, 1.54) is 6.07 Å². The number of carbonyl (C=O) groups excluding carboxylic acids is 1. The molecule has 0 spiro atoms. The van der Waals surface area contributed by atoms with E-state index in [0.717, 1.165) is 0 Å². The Hall–Kier alpha value is -1.08. The van der Waals surface area contributed by atoms with E-state index in [4.69, 9.17) is 5.84 Å². The van der Waals surface area contributed by atoms with E-state index in [0.29, 0.717) is 23.3 Å². The first-order chi connectivity index (χ1) is 8.10. The molecule has 0 radical (unpaired) electrons. The van der Waals surface area contributed by atoms with Gasteiger partial charge in [0.2, 0.25) is 0 Å². The number of aliphatic hydroxyl groups is 2. The molecular formula is C11H16N2O3S. The van der Waals surface area contributed by atoms with Crippen LogP contribution in [0.1, 0.15) is 28.4 Å². The second-order valence-electron chi connectivity index (χ2n) is 3.62. The minimum Gasteiger partial charge on any atom is -0.390 e. The van der Waals surface area contributed by atoms with E-state index in [1.54, 1.807) is 18.2 Å². The third-order valence-electron chi connectivity index (χ3n) is 2.41. The Labute approximate surface area is 105 Å². The van der Waals surface area contributed by atoms with E-state index < -0.39 is 18.1 Å². The van der Waals surface area contributed by atoms with Crippen LogP contribution in [0.5, 0.6) is 0 Å². The number of carbonyl (C=O) groups is 1. The molecule has 2 unspecified atom stereocenters. The molecule has 1 aromatic carbocycles. The summed E-state index contributed by atoms with van der Waals surface area (Å²) in [6.45, 7) is 0. The lowest BCUT2D eigenvalue weighted by Crippen LogP contribution is -2.30. The second kappa shape index (κ2) is 6.61. The number of benzene rings is 1. The molecule has 5 N–H and O–H groups in total. The Morgan fingerprint density at radius 2 is 2.18 bits per heavy atom. The molecule has 0 bridgehead atoms. The summed E-state index contributed by atoms with van der Waals surface area (Å²) in [5, 5.41) is 19.5. The summed E-state index contributed by atoms with van der Waals surface area (Å²) < 4.78 is 0. The molecule has 0 aromatic heterocycles. The van der Waals surface area contributed by atoms with Crippen molar-refractivity contribution in [3.63, 3.8) is 0 Å². The third-order valence-corrected chi connectivity index (χ3v) is 2.67. The molecular weight excluding hydrogens is 240 g/mol. The lowest BCUT2D eigenvalue weighted by atomic mass is 10.0. The third kappa shape index (κ3) is 3.71. The number of hydrogen-bond acceptors (Lipinski definition) is 5. The van der Waals surface area contributed by atoms with Gasteiger partial charge in [-0.2, -0.15) is 12.6 Å². The average molecular weight is 256 g/mol. The number of hydrazine groups is 1. The van der Waals surface area contributed by atoms with Crippen LogP contribution >= 0.6 is 12.6 Å². The average Bonchev–Trinajstić information content (AvgIpc) is 2.37. The van der Waals surface area contributed by atoms with Crippen LogP contribution in [0.15, 0.2) is 24.3 Å². The van der Waals surface area contributed by atoms with Crippen LogP contribution < -0.4 is 11.3 Å². The molecule has 0 aliphatic rings. The maximum Gasteiger partial charge on any atom is 0.265 e. The van der Waals surface area contributed by atoms with Gasteiger partial charge in [0.15, 0.2) is 0 Å². The number of aliphatic hydroxyl groups excluding tert-OH is 2. The van der Waals surface area contributed by atoms with Crippen LogP contribution in [0, 0.1) is 0 Å². The quantitative estimate of drug-likeness (QED) is 0.222. The van der Waals surface area contributed by atoms with Crippen molar-refractivity contribution >= 4 is 18.5 Å². The largest absolute Gasteiger partial charge is 0.390 e. The maximum atomic E-state index is 11.3. The molecule has 0 saturated carbocycles. The molecule has 6 heteroatoms. The van der Waals surface area contributed by atoms with Crippen molar-refractivity contribution in [3.05, 3.63) is 35.4 Å². The Morgan fingerprint density at radius 3 is 2.76 bits per heavy atom. The van der Waals surface area contributed by atoms with Gasteiger partial charge in [0, 0.05) is 5.56 Å². The molecule has 2 atom stereocenters. The van der Waals surface area contributed by atoms with Crippen molar-refractivity contribution in [1.29, 1.82) is 0 Å². The van der Waals surface area contributed by atoms with Crippen LogP contribution in [0.25, 0.3) is 0 Å². The Balaban J connectivity index is 2.87. The highest BCUT2D eigenvalue weighted by molar-refractivity contribution is 7.80. The monoisotopic (exact) mass is 256 g/mol. The van der Waals surface area contributed by atoms with E-state index in [2.05, 4.69) is 12.6 Å². The second-order valence-corrected chi connectivity index (χ2v) is 4.07. The SMILES string of the molecule is NNC(=O)c1cccc(C(O)C(O)CCS)c1. The van der Waals surface area contributed by atoms with Crippen molar-refractivity contribution in [2.24, 2.45) is 5.84 Å². The standard InChI is InChI=1S/C11H16N2O3S/c12-13-11(16)8-3-1-2-7(6-8)10(15)9(14)4-5-17/h1-3,6,9-10,14-15,17H,4-5,12H2,(H,13,16). The van der Waals surface area contributed by atoms with Gasteiger partial charge in [-0.25, -0.2) is 5.84 Å². The number of nitrogens with two attached hydrogens (primary N) is 1. The fraction of sp³-hybridized carbons (Fsp3) is 0.364. The van der Waals surface area contributed by atoms with Gasteiger partial charge < -0.3 is 10.2 Å². The van der Waals surface area contributed by atoms with Crippen LogP contribution in [-0.2, 0) is 0 Å². The van der Waals surface area contributed by atoms with Gasteiger partial charge in [-0.1, -0.05) is 12.1 Å². The van der Waals surface area contributed by atoms with Gasteiger partial charge in [-0.3, -0.25) is 10.2 Å². The van der Waals surface area contributed by atoms with Crippen LogP contribution in [0.2, 0.25) is 0 Å². The predicted octanol–water partition coefficient (Wildman–Crippen LogP) is 0.00430. The summed E-state index contributed by atoms with van der Waals surface area (Å²) in [6, 6.07) is 6.33. The van der Waals surface area contributed by atoms with Crippen molar-refractivity contribution in [1.82, 2.24) is 5.43 Å². The lowest BCUT2D eigenvalue weighted by molar-refractivity contribution is 0.0172. The molecule has 1 amide bonds. The molecule has 94 valence electrons. The summed E-state index contributed by atoms with van der Waals surface area (Å²) in [6.07, 6.45) is -1.56. The first kappa shape index (κ1) is 14.0. The van der Waals surface area contributed by atoms with Gasteiger partial charge in [0.25, 0.3) is 5.91 Å². The molecule has 17 heavy (non-hydrogen) atoms. The number of thiol groups is 1. The number of hydrogen-bond donors (Lipinski definition) is 5. The summed E-state index contributed by atoms with van der Waals surface area (Å²) in [5.41, 5.74) is 2.81. The molecule has 0 fully saturated rings. The molecule has 1 aromatic rings. The zero-order valence-electron chi connectivity index (χ0n) is 9.21. The Kier molecular flexibility index (Phi) is 5.43. The van der Waals surface area contributed by atoms with Gasteiger partial charge >= 0.3 is 0 Å². The lowest BCUT2D eigenvalue weighted by Gasteiger charge is -2.17. The number of rotatable bonds is 5. The summed E-state index contributed by atoms with van der Waals surface area (Å²) >= 11 is 3.98. The highest BCUT2D eigenvalue weighted by Gasteiger charge is 2.18. The van der Waals surface area contributed by atoms with Gasteiger partial charge in [0.05, 0.1) is 6.10 Å². The molecule has 5 nitrogen and oxygen atoms in total. The number of amides is 1. The zero-order valence-corrected chi connectivity index (χ0v) is 10.1. The zero-order chi connectivity index (χ0) is 12.8. The van der Waals surface area contributed by atoms with E-state index in [-0.39, 0.29) is 0 Å². The summed E-state index contributed by atoms with van der Waals surface area (Å²) in [7, 11) is 0. The first-order valence-corrected chi connectivity index (χ1v) is 5.81. The van der Waals surface area contributed by atoms with Crippen molar-refractivity contribution in [2.45, 2.75) is 18.6 Å². The van der Waals surface area contributed by atoms with Crippen LogP contribution in [0.4, 0.5) is 0 Å². The Bertz CT molecular complexity index is 387. The topological polar surface area (TPSA) is 95.6 Å². The fourth-order valence-electron chi connectivity index (χ4n) is 1.46. The van der Waals surface area contributed by atoms with Gasteiger partial charge in [-0.15, -0.1) is 0 Å². The molecule has 0 saturated heterocycles. The van der Waals surface area contributed by atoms with Gasteiger partial charge in [0.1, 0.15) is 6.10 Å². The summed E-state index contributed by atoms with van der Waals surface area (Å²) in [4.78, 5) is 11.3. The minimum absolute atomic E-state index is 0.335.